The van der Waals surface area contributed by atoms with Crippen LogP contribution in [0.25, 0.3) is 5.69 Å². The molecular weight excluding hydrogens is 500 g/mol. The Morgan fingerprint density at radius 1 is 0.946 bits per heavy atom. The minimum atomic E-state index is -0.118. The summed E-state index contributed by atoms with van der Waals surface area (Å²) in [4.78, 5) is 6.92. The molecule has 1 saturated heterocycles. The first-order valence-corrected chi connectivity index (χ1v) is 13.3. The van der Waals surface area contributed by atoms with Gasteiger partial charge in [0.25, 0.3) is 0 Å². The second-order valence-electron chi connectivity index (χ2n) is 9.68. The van der Waals surface area contributed by atoms with Gasteiger partial charge in [-0.2, -0.15) is 0 Å². The fourth-order valence-corrected chi connectivity index (χ4v) is 5.86. The second kappa shape index (κ2) is 10.2. The third-order valence-electron chi connectivity index (χ3n) is 6.95. The van der Waals surface area contributed by atoms with Crippen LogP contribution in [-0.4, -0.2) is 20.8 Å². The van der Waals surface area contributed by atoms with Gasteiger partial charge in [0.2, 0.25) is 0 Å². The molecule has 4 aromatic rings. The largest absolute Gasteiger partial charge is 0.491 e. The van der Waals surface area contributed by atoms with Crippen molar-refractivity contribution in [3.05, 3.63) is 106 Å². The number of pyridine rings is 1. The highest BCUT2D eigenvalue weighted by molar-refractivity contribution is 7.80. The van der Waals surface area contributed by atoms with Gasteiger partial charge in [-0.3, -0.25) is 4.98 Å². The van der Waals surface area contributed by atoms with E-state index in [-0.39, 0.29) is 18.2 Å². The fourth-order valence-electron chi connectivity index (χ4n) is 5.33. The van der Waals surface area contributed by atoms with Gasteiger partial charge in [0, 0.05) is 39.5 Å². The Bertz CT molecular complexity index is 1430. The lowest BCUT2D eigenvalue weighted by molar-refractivity contribution is 0.242. The maximum atomic E-state index is 6.38. The van der Waals surface area contributed by atoms with Crippen molar-refractivity contribution in [1.82, 2.24) is 14.9 Å². The number of hydrogen-bond donors (Lipinski definition) is 1. The summed E-state index contributed by atoms with van der Waals surface area (Å²) in [5, 5.41) is 4.96. The van der Waals surface area contributed by atoms with Crippen molar-refractivity contribution < 1.29 is 4.74 Å². The number of nitrogens with zero attached hydrogens (tertiary/aromatic N) is 3. The normalized spacial score (nSPS) is 17.4. The van der Waals surface area contributed by atoms with E-state index < -0.39 is 0 Å². The Balaban J connectivity index is 1.67. The average Bonchev–Trinajstić information content (AvgIpc) is 3.32. The average molecular weight is 531 g/mol. The number of nitrogens with one attached hydrogen (secondary N) is 1. The lowest BCUT2D eigenvalue weighted by atomic mass is 9.93. The van der Waals surface area contributed by atoms with E-state index in [1.54, 1.807) is 0 Å². The van der Waals surface area contributed by atoms with E-state index >= 15 is 0 Å². The zero-order valence-corrected chi connectivity index (χ0v) is 23.3. The zero-order chi connectivity index (χ0) is 26.3. The quantitative estimate of drug-likeness (QED) is 0.263. The van der Waals surface area contributed by atoms with Crippen molar-refractivity contribution in [2.45, 2.75) is 52.8 Å². The van der Waals surface area contributed by atoms with Gasteiger partial charge in [0.1, 0.15) is 5.75 Å². The molecule has 0 spiro atoms. The van der Waals surface area contributed by atoms with E-state index in [4.69, 9.17) is 33.5 Å². The predicted octanol–water partition coefficient (Wildman–Crippen LogP) is 7.42. The molecular formula is C30H31ClN4OS. The van der Waals surface area contributed by atoms with Crippen molar-refractivity contribution in [2.24, 2.45) is 0 Å². The molecule has 1 fully saturated rings. The summed E-state index contributed by atoms with van der Waals surface area (Å²) in [5.74, 6) is 0.838. The zero-order valence-electron chi connectivity index (χ0n) is 21.7. The number of hydrogen-bond acceptors (Lipinski definition) is 3. The third-order valence-corrected chi connectivity index (χ3v) is 7.50. The highest BCUT2D eigenvalue weighted by Gasteiger charge is 2.43. The summed E-state index contributed by atoms with van der Waals surface area (Å²) in [6, 6.07) is 21.9. The van der Waals surface area contributed by atoms with E-state index in [0.29, 0.717) is 10.1 Å². The van der Waals surface area contributed by atoms with Gasteiger partial charge in [0.05, 0.1) is 23.9 Å². The molecule has 0 aliphatic carbocycles. The van der Waals surface area contributed by atoms with Crippen molar-refractivity contribution in [1.29, 1.82) is 0 Å². The van der Waals surface area contributed by atoms with Gasteiger partial charge < -0.3 is 19.5 Å². The summed E-state index contributed by atoms with van der Waals surface area (Å²) in [6.07, 6.45) is 1.95. The summed E-state index contributed by atoms with van der Waals surface area (Å²) >= 11 is 12.3. The number of thiocarbonyl (C=S) groups is 1. The van der Waals surface area contributed by atoms with Crippen molar-refractivity contribution in [2.75, 3.05) is 4.90 Å². The van der Waals surface area contributed by atoms with E-state index in [9.17, 15) is 0 Å². The first-order valence-electron chi connectivity index (χ1n) is 12.5. The van der Waals surface area contributed by atoms with Crippen molar-refractivity contribution in [3.8, 4) is 11.4 Å². The lowest BCUT2D eigenvalue weighted by Gasteiger charge is -2.29. The van der Waals surface area contributed by atoms with Crippen LogP contribution in [0.3, 0.4) is 0 Å². The molecule has 1 N–H and O–H groups in total. The van der Waals surface area contributed by atoms with Crippen LogP contribution in [0, 0.1) is 20.8 Å². The summed E-state index contributed by atoms with van der Waals surface area (Å²) in [6.45, 7) is 10.6. The van der Waals surface area contributed by atoms with Gasteiger partial charge >= 0.3 is 0 Å². The molecule has 3 heterocycles. The van der Waals surface area contributed by atoms with Crippen LogP contribution in [0.4, 0.5) is 5.69 Å². The number of benzene rings is 2. The van der Waals surface area contributed by atoms with Crippen LogP contribution in [0.1, 0.15) is 54.1 Å². The fraction of sp³-hybridized carbons (Fsp3) is 0.267. The number of halogens is 1. The number of rotatable bonds is 6. The molecule has 1 aliphatic heterocycles. The number of anilines is 1. The molecule has 2 atom stereocenters. The molecule has 0 amide bonds. The van der Waals surface area contributed by atoms with E-state index in [1.807, 2.05) is 62.5 Å². The summed E-state index contributed by atoms with van der Waals surface area (Å²) in [5.41, 5.74) is 7.77. The van der Waals surface area contributed by atoms with E-state index in [2.05, 4.69) is 59.8 Å². The molecule has 1 aliphatic rings. The first-order chi connectivity index (χ1) is 17.8. The van der Waals surface area contributed by atoms with E-state index in [1.165, 1.54) is 16.8 Å². The molecule has 5 nitrogen and oxygen atoms in total. The molecule has 2 aromatic carbocycles. The minimum Gasteiger partial charge on any atom is -0.491 e. The number of ether oxygens (including phenoxy) is 1. The van der Waals surface area contributed by atoms with Crippen LogP contribution in [-0.2, 0) is 0 Å². The van der Waals surface area contributed by atoms with Crippen LogP contribution in [0.15, 0.2) is 72.9 Å². The standard InChI is InChI=1S/C30H31ClN4OS/c1-18(2)36-25-14-12-23(13-15-25)35-29(28(33-30(35)37)26-11-6-7-16-32-26)27-19(3)20(4)34(21(27)5)24-10-8-9-22(31)17-24/h6-18,28-29H,1-5H3,(H,33,37)/t28-,29-/m0/s1. The molecule has 37 heavy (non-hydrogen) atoms. The van der Waals surface area contributed by atoms with Crippen LogP contribution < -0.4 is 15.0 Å². The topological polar surface area (TPSA) is 42.3 Å². The Kier molecular flexibility index (Phi) is 6.97. The molecule has 5 rings (SSSR count). The Morgan fingerprint density at radius 2 is 1.70 bits per heavy atom. The van der Waals surface area contributed by atoms with Crippen LogP contribution >= 0.6 is 23.8 Å². The molecule has 2 aromatic heterocycles. The molecule has 190 valence electrons. The van der Waals surface area contributed by atoms with Crippen molar-refractivity contribution >= 4 is 34.6 Å². The Morgan fingerprint density at radius 3 is 2.35 bits per heavy atom. The van der Waals surface area contributed by atoms with Gasteiger partial charge in [-0.1, -0.05) is 23.7 Å². The van der Waals surface area contributed by atoms with Gasteiger partial charge in [-0.15, -0.1) is 0 Å². The SMILES string of the molecule is Cc1c([C@H]2[C@H](c3ccccn3)NC(=S)N2c2ccc(OC(C)C)cc2)c(C)n(-c2cccc(Cl)c2)c1C. The van der Waals surface area contributed by atoms with Crippen LogP contribution in [0.2, 0.25) is 5.02 Å². The highest BCUT2D eigenvalue weighted by atomic mass is 35.5. The molecule has 0 bridgehead atoms. The van der Waals surface area contributed by atoms with Crippen LogP contribution in [0.5, 0.6) is 5.75 Å². The van der Waals surface area contributed by atoms with Gasteiger partial charge in [-0.25, -0.2) is 0 Å². The van der Waals surface area contributed by atoms with E-state index in [0.717, 1.165) is 28.5 Å². The maximum absolute atomic E-state index is 6.38. The highest BCUT2D eigenvalue weighted by Crippen LogP contribution is 2.45. The molecule has 0 saturated carbocycles. The van der Waals surface area contributed by atoms with Gasteiger partial charge in [-0.05, 0) is 107 Å². The minimum absolute atomic E-state index is 0.0987. The molecule has 7 heteroatoms. The smallest absolute Gasteiger partial charge is 0.174 e. The molecule has 0 radical (unpaired) electrons. The maximum Gasteiger partial charge on any atom is 0.174 e. The summed E-state index contributed by atoms with van der Waals surface area (Å²) in [7, 11) is 0. The first kappa shape index (κ1) is 25.3. The second-order valence-corrected chi connectivity index (χ2v) is 10.5. The summed E-state index contributed by atoms with van der Waals surface area (Å²) < 4.78 is 8.17. The van der Waals surface area contributed by atoms with Gasteiger partial charge in [0.15, 0.2) is 5.11 Å². The lowest BCUT2D eigenvalue weighted by Crippen LogP contribution is -2.29. The van der Waals surface area contributed by atoms with Crippen molar-refractivity contribution in [3.63, 3.8) is 0 Å². The molecule has 0 unspecified atom stereocenters. The Hall–Kier alpha value is -3.35. The Labute approximate surface area is 229 Å². The third kappa shape index (κ3) is 4.72. The predicted molar refractivity (Wildman–Crippen MR) is 155 cm³/mol. The number of aromatic nitrogens is 2. The monoisotopic (exact) mass is 530 g/mol.